The standard InChI is InChI=1S/C11H10F5NO2/c1-19-8-4-2-3-7(5-8)6-17-9(18)10(12,13)11(14,15)16/h2-5H,6H2,1H3,(H,17,18). The Morgan fingerprint density at radius 1 is 1.26 bits per heavy atom. The fourth-order valence-electron chi connectivity index (χ4n) is 1.20. The average molecular weight is 283 g/mol. The third-order valence-electron chi connectivity index (χ3n) is 2.23. The molecular formula is C11H10F5NO2. The van der Waals surface area contributed by atoms with Gasteiger partial charge in [0.05, 0.1) is 7.11 Å². The molecule has 0 radical (unpaired) electrons. The highest BCUT2D eigenvalue weighted by Crippen LogP contribution is 2.35. The molecule has 8 heteroatoms. The Morgan fingerprint density at radius 3 is 2.42 bits per heavy atom. The van der Waals surface area contributed by atoms with Crippen LogP contribution >= 0.6 is 0 Å². The predicted molar refractivity (Wildman–Crippen MR) is 55.8 cm³/mol. The van der Waals surface area contributed by atoms with Crippen molar-refractivity contribution in [2.45, 2.75) is 18.6 Å². The molecule has 106 valence electrons. The average Bonchev–Trinajstić information content (AvgIpc) is 2.34. The molecule has 1 aromatic carbocycles. The van der Waals surface area contributed by atoms with Crippen LogP contribution in [0.2, 0.25) is 0 Å². The number of methoxy groups -OCH3 is 1. The van der Waals surface area contributed by atoms with E-state index in [4.69, 9.17) is 4.74 Å². The zero-order valence-electron chi connectivity index (χ0n) is 9.72. The van der Waals surface area contributed by atoms with Crippen LogP contribution in [0.25, 0.3) is 0 Å². The van der Waals surface area contributed by atoms with Crippen molar-refractivity contribution in [1.29, 1.82) is 0 Å². The molecule has 0 aromatic heterocycles. The van der Waals surface area contributed by atoms with Crippen LogP contribution in [-0.4, -0.2) is 25.1 Å². The number of nitrogens with one attached hydrogen (secondary N) is 1. The SMILES string of the molecule is COc1cccc(CNC(=O)C(F)(F)C(F)(F)F)c1. The molecule has 1 rings (SSSR count). The molecule has 0 fully saturated rings. The van der Waals surface area contributed by atoms with E-state index in [-0.39, 0.29) is 0 Å². The maximum Gasteiger partial charge on any atom is 0.463 e. The summed E-state index contributed by atoms with van der Waals surface area (Å²) in [5, 5.41) is 1.53. The topological polar surface area (TPSA) is 38.3 Å². The minimum Gasteiger partial charge on any atom is -0.497 e. The zero-order chi connectivity index (χ0) is 14.7. The van der Waals surface area contributed by atoms with E-state index in [1.54, 1.807) is 6.07 Å². The van der Waals surface area contributed by atoms with E-state index in [0.717, 1.165) is 0 Å². The summed E-state index contributed by atoms with van der Waals surface area (Å²) in [5.41, 5.74) is 0.339. The van der Waals surface area contributed by atoms with Gasteiger partial charge in [-0.2, -0.15) is 22.0 Å². The monoisotopic (exact) mass is 283 g/mol. The second-order valence-electron chi connectivity index (χ2n) is 3.61. The Balaban J connectivity index is 2.69. The predicted octanol–water partition coefficient (Wildman–Crippen LogP) is 2.51. The highest BCUT2D eigenvalue weighted by Gasteiger charge is 2.63. The van der Waals surface area contributed by atoms with Crippen LogP contribution in [0, 0.1) is 0 Å². The first-order valence-corrected chi connectivity index (χ1v) is 5.04. The highest BCUT2D eigenvalue weighted by molar-refractivity contribution is 5.84. The Bertz CT molecular complexity index is 459. The number of rotatable bonds is 4. The number of halogens is 5. The number of hydrogen-bond donors (Lipinski definition) is 1. The van der Waals surface area contributed by atoms with Crippen LogP contribution in [-0.2, 0) is 11.3 Å². The summed E-state index contributed by atoms with van der Waals surface area (Å²) in [6.45, 7) is -0.457. The number of carbonyl (C=O) groups excluding carboxylic acids is 1. The summed E-state index contributed by atoms with van der Waals surface area (Å²) in [6, 6.07) is 5.94. The molecule has 19 heavy (non-hydrogen) atoms. The van der Waals surface area contributed by atoms with E-state index >= 15 is 0 Å². The molecule has 0 saturated heterocycles. The third kappa shape index (κ3) is 3.55. The highest BCUT2D eigenvalue weighted by atomic mass is 19.4. The molecule has 0 unspecified atom stereocenters. The van der Waals surface area contributed by atoms with Crippen molar-refractivity contribution in [3.05, 3.63) is 29.8 Å². The van der Waals surface area contributed by atoms with Gasteiger partial charge in [-0.05, 0) is 17.7 Å². The van der Waals surface area contributed by atoms with Crippen molar-refractivity contribution < 1.29 is 31.5 Å². The van der Waals surface area contributed by atoms with Gasteiger partial charge < -0.3 is 10.1 Å². The minimum atomic E-state index is -5.91. The lowest BCUT2D eigenvalue weighted by Crippen LogP contribution is -2.50. The van der Waals surface area contributed by atoms with E-state index < -0.39 is 24.6 Å². The van der Waals surface area contributed by atoms with Gasteiger partial charge in [-0.1, -0.05) is 12.1 Å². The summed E-state index contributed by atoms with van der Waals surface area (Å²) in [4.78, 5) is 10.8. The van der Waals surface area contributed by atoms with Gasteiger partial charge in [0.1, 0.15) is 5.75 Å². The lowest BCUT2D eigenvalue weighted by Gasteiger charge is -2.18. The van der Waals surface area contributed by atoms with Crippen LogP contribution in [0.5, 0.6) is 5.75 Å². The third-order valence-corrected chi connectivity index (χ3v) is 2.23. The number of hydrogen-bond acceptors (Lipinski definition) is 2. The molecule has 0 aliphatic rings. The quantitative estimate of drug-likeness (QED) is 0.862. The summed E-state index contributed by atoms with van der Waals surface area (Å²) < 4.78 is 65.8. The number of ether oxygens (including phenoxy) is 1. The molecule has 0 bridgehead atoms. The van der Waals surface area contributed by atoms with E-state index in [1.165, 1.54) is 30.6 Å². The van der Waals surface area contributed by atoms with Crippen LogP contribution in [0.3, 0.4) is 0 Å². The van der Waals surface area contributed by atoms with Crippen molar-refractivity contribution in [3.63, 3.8) is 0 Å². The van der Waals surface area contributed by atoms with Gasteiger partial charge >= 0.3 is 18.0 Å². The van der Waals surface area contributed by atoms with Crippen LogP contribution < -0.4 is 10.1 Å². The van der Waals surface area contributed by atoms with Gasteiger partial charge in [0.15, 0.2) is 0 Å². The van der Waals surface area contributed by atoms with E-state index in [1.807, 2.05) is 0 Å². The molecule has 0 heterocycles. The fourth-order valence-corrected chi connectivity index (χ4v) is 1.20. The second kappa shape index (κ2) is 5.41. The van der Waals surface area contributed by atoms with Crippen LogP contribution in [0.4, 0.5) is 22.0 Å². The van der Waals surface area contributed by atoms with Crippen molar-refractivity contribution in [3.8, 4) is 5.75 Å². The van der Waals surface area contributed by atoms with Crippen LogP contribution in [0.1, 0.15) is 5.56 Å². The van der Waals surface area contributed by atoms with Crippen molar-refractivity contribution in [1.82, 2.24) is 5.32 Å². The van der Waals surface area contributed by atoms with Gasteiger partial charge in [-0.25, -0.2) is 0 Å². The lowest BCUT2D eigenvalue weighted by molar-refractivity contribution is -0.269. The Hall–Kier alpha value is -1.86. The molecule has 1 aromatic rings. The Morgan fingerprint density at radius 2 is 1.89 bits per heavy atom. The normalized spacial score (nSPS) is 12.1. The van der Waals surface area contributed by atoms with Gasteiger partial charge in [-0.3, -0.25) is 4.79 Å². The second-order valence-corrected chi connectivity index (χ2v) is 3.61. The molecule has 0 saturated carbocycles. The van der Waals surface area contributed by atoms with Crippen molar-refractivity contribution >= 4 is 5.91 Å². The molecule has 0 atom stereocenters. The molecule has 0 aliphatic heterocycles. The fraction of sp³-hybridized carbons (Fsp3) is 0.364. The number of benzene rings is 1. The Kier molecular flexibility index (Phi) is 4.33. The lowest BCUT2D eigenvalue weighted by atomic mass is 10.2. The number of carbonyl (C=O) groups is 1. The van der Waals surface area contributed by atoms with Crippen molar-refractivity contribution in [2.24, 2.45) is 0 Å². The molecule has 1 amide bonds. The zero-order valence-corrected chi connectivity index (χ0v) is 9.72. The van der Waals surface area contributed by atoms with Crippen LogP contribution in [0.15, 0.2) is 24.3 Å². The first kappa shape index (κ1) is 15.2. The summed E-state index contributed by atoms with van der Waals surface area (Å²) in [6.07, 6.45) is -5.91. The molecule has 3 nitrogen and oxygen atoms in total. The van der Waals surface area contributed by atoms with Gasteiger partial charge in [0.2, 0.25) is 0 Å². The molecule has 0 aliphatic carbocycles. The smallest absolute Gasteiger partial charge is 0.463 e. The van der Waals surface area contributed by atoms with Crippen molar-refractivity contribution in [2.75, 3.05) is 7.11 Å². The van der Waals surface area contributed by atoms with Gasteiger partial charge in [0, 0.05) is 6.54 Å². The summed E-state index contributed by atoms with van der Waals surface area (Å²) in [5.74, 6) is -7.40. The maximum absolute atomic E-state index is 12.6. The summed E-state index contributed by atoms with van der Waals surface area (Å²) in [7, 11) is 1.37. The molecular weight excluding hydrogens is 273 g/mol. The maximum atomic E-state index is 12.6. The Labute approximate surface area is 105 Å². The first-order valence-electron chi connectivity index (χ1n) is 5.04. The van der Waals surface area contributed by atoms with Gasteiger partial charge in [-0.15, -0.1) is 0 Å². The van der Waals surface area contributed by atoms with E-state index in [0.29, 0.717) is 11.3 Å². The summed E-state index contributed by atoms with van der Waals surface area (Å²) >= 11 is 0. The first-order chi connectivity index (χ1) is 8.68. The molecule has 0 spiro atoms. The number of amides is 1. The van der Waals surface area contributed by atoms with E-state index in [2.05, 4.69) is 0 Å². The van der Waals surface area contributed by atoms with E-state index in [9.17, 15) is 26.7 Å². The minimum absolute atomic E-state index is 0.339. The number of alkyl halides is 5. The van der Waals surface area contributed by atoms with Gasteiger partial charge in [0.25, 0.3) is 0 Å². The molecule has 1 N–H and O–H groups in total. The largest absolute Gasteiger partial charge is 0.497 e.